The summed E-state index contributed by atoms with van der Waals surface area (Å²) in [6.45, 7) is 0.688. The lowest BCUT2D eigenvalue weighted by Gasteiger charge is -2.12. The van der Waals surface area contributed by atoms with E-state index in [0.29, 0.717) is 28.7 Å². The Morgan fingerprint density at radius 3 is 2.64 bits per heavy atom. The summed E-state index contributed by atoms with van der Waals surface area (Å²) in [6, 6.07) is 12.6. The van der Waals surface area contributed by atoms with Crippen molar-refractivity contribution in [3.05, 3.63) is 53.6 Å². The first-order valence-corrected chi connectivity index (χ1v) is 7.93. The zero-order valence-electron chi connectivity index (χ0n) is 13.5. The fraction of sp³-hybridized carbons (Fsp3) is 0.176. The lowest BCUT2D eigenvalue weighted by Crippen LogP contribution is -2.46. The third kappa shape index (κ3) is 4.30. The predicted molar refractivity (Wildman–Crippen MR) is 95.6 cm³/mol. The molecule has 130 valence electrons. The first kappa shape index (κ1) is 16.8. The molecule has 1 aliphatic rings. The number of amides is 1. The summed E-state index contributed by atoms with van der Waals surface area (Å²) >= 11 is 5.14. The van der Waals surface area contributed by atoms with Crippen LogP contribution in [0.3, 0.4) is 0 Å². The number of hydrazine groups is 1. The second kappa shape index (κ2) is 7.71. The summed E-state index contributed by atoms with van der Waals surface area (Å²) in [4.78, 5) is 12.1. The van der Waals surface area contributed by atoms with Crippen LogP contribution in [0.4, 0.5) is 0 Å². The van der Waals surface area contributed by atoms with E-state index in [0.717, 1.165) is 11.3 Å². The van der Waals surface area contributed by atoms with Crippen LogP contribution >= 0.6 is 12.2 Å². The number of fused-ring (bicyclic) bond motifs is 1. The first-order valence-electron chi connectivity index (χ1n) is 7.52. The Labute approximate surface area is 150 Å². The van der Waals surface area contributed by atoms with Crippen LogP contribution in [0.1, 0.15) is 15.9 Å². The largest absolute Gasteiger partial charge is 0.497 e. The molecule has 7 nitrogen and oxygen atoms in total. The molecule has 0 atom stereocenters. The van der Waals surface area contributed by atoms with E-state index in [2.05, 4.69) is 16.2 Å². The number of hydrogen-bond donors (Lipinski definition) is 3. The Bertz CT molecular complexity index is 780. The van der Waals surface area contributed by atoms with Gasteiger partial charge in [0, 0.05) is 12.1 Å². The maximum absolute atomic E-state index is 12.1. The Morgan fingerprint density at radius 2 is 1.88 bits per heavy atom. The van der Waals surface area contributed by atoms with E-state index in [9.17, 15) is 4.79 Å². The molecule has 0 spiro atoms. The van der Waals surface area contributed by atoms with Gasteiger partial charge in [-0.05, 0) is 48.1 Å². The van der Waals surface area contributed by atoms with E-state index < -0.39 is 0 Å². The summed E-state index contributed by atoms with van der Waals surface area (Å²) in [5, 5.41) is 3.32. The number of nitrogens with one attached hydrogen (secondary N) is 3. The molecule has 2 aromatic carbocycles. The van der Waals surface area contributed by atoms with Crippen molar-refractivity contribution in [1.29, 1.82) is 0 Å². The van der Waals surface area contributed by atoms with Crippen LogP contribution in [0.25, 0.3) is 0 Å². The molecule has 1 amide bonds. The molecular formula is C17H17N3O4S. The molecule has 3 N–H and O–H groups in total. The summed E-state index contributed by atoms with van der Waals surface area (Å²) in [5.74, 6) is 1.64. The number of thiocarbonyl (C=S) groups is 1. The van der Waals surface area contributed by atoms with Crippen LogP contribution in [-0.4, -0.2) is 24.9 Å². The quantitative estimate of drug-likeness (QED) is 0.567. The molecule has 0 aromatic heterocycles. The predicted octanol–water partition coefficient (Wildman–Crippen LogP) is 1.73. The number of benzene rings is 2. The molecule has 0 bridgehead atoms. The summed E-state index contributed by atoms with van der Waals surface area (Å²) in [7, 11) is 1.62. The van der Waals surface area contributed by atoms with Crippen molar-refractivity contribution in [1.82, 2.24) is 16.2 Å². The van der Waals surface area contributed by atoms with E-state index in [1.807, 2.05) is 24.3 Å². The van der Waals surface area contributed by atoms with Crippen molar-refractivity contribution in [3.63, 3.8) is 0 Å². The van der Waals surface area contributed by atoms with Crippen LogP contribution < -0.4 is 30.4 Å². The molecule has 2 aromatic rings. The van der Waals surface area contributed by atoms with Crippen molar-refractivity contribution in [2.24, 2.45) is 0 Å². The highest BCUT2D eigenvalue weighted by Gasteiger charge is 2.16. The van der Waals surface area contributed by atoms with Crippen molar-refractivity contribution < 1.29 is 19.0 Å². The minimum absolute atomic E-state index is 0.165. The molecular weight excluding hydrogens is 342 g/mol. The SMILES string of the molecule is COc1ccc(CNC(=S)NNC(=O)c2ccc3c(c2)OCO3)cc1. The van der Waals surface area contributed by atoms with Crippen molar-refractivity contribution in [2.75, 3.05) is 13.9 Å². The van der Waals surface area contributed by atoms with Gasteiger partial charge in [0.1, 0.15) is 5.75 Å². The normalized spacial score (nSPS) is 11.6. The van der Waals surface area contributed by atoms with Gasteiger partial charge >= 0.3 is 0 Å². The van der Waals surface area contributed by atoms with Crippen LogP contribution in [0.15, 0.2) is 42.5 Å². The first-order chi connectivity index (χ1) is 12.2. The fourth-order valence-electron chi connectivity index (χ4n) is 2.19. The standard InChI is InChI=1S/C17H17N3O4S/c1-22-13-5-2-11(3-6-13)9-18-17(25)20-19-16(21)12-4-7-14-15(8-12)24-10-23-14/h2-8H,9-10H2,1H3,(H,19,21)(H2,18,20,25). The fourth-order valence-corrected chi connectivity index (χ4v) is 2.32. The zero-order chi connectivity index (χ0) is 17.6. The highest BCUT2D eigenvalue weighted by Crippen LogP contribution is 2.32. The van der Waals surface area contributed by atoms with Gasteiger partial charge in [-0.1, -0.05) is 12.1 Å². The highest BCUT2D eigenvalue weighted by molar-refractivity contribution is 7.80. The van der Waals surface area contributed by atoms with E-state index in [1.165, 1.54) is 0 Å². The summed E-state index contributed by atoms with van der Waals surface area (Å²) in [6.07, 6.45) is 0. The van der Waals surface area contributed by atoms with E-state index >= 15 is 0 Å². The Hall–Kier alpha value is -3.00. The van der Waals surface area contributed by atoms with Gasteiger partial charge < -0.3 is 19.5 Å². The molecule has 0 radical (unpaired) electrons. The van der Waals surface area contributed by atoms with Crippen LogP contribution in [0.5, 0.6) is 17.2 Å². The maximum Gasteiger partial charge on any atom is 0.269 e. The summed E-state index contributed by atoms with van der Waals surface area (Å²) in [5.41, 5.74) is 6.67. The average molecular weight is 359 g/mol. The van der Waals surface area contributed by atoms with Crippen LogP contribution in [0.2, 0.25) is 0 Å². The monoisotopic (exact) mass is 359 g/mol. The molecule has 0 saturated heterocycles. The van der Waals surface area contributed by atoms with Gasteiger partial charge in [0.05, 0.1) is 7.11 Å². The third-order valence-electron chi connectivity index (χ3n) is 3.54. The molecule has 8 heteroatoms. The van der Waals surface area contributed by atoms with Gasteiger partial charge in [0.15, 0.2) is 16.6 Å². The second-order valence-corrected chi connectivity index (χ2v) is 5.59. The molecule has 0 unspecified atom stereocenters. The molecule has 0 saturated carbocycles. The summed E-state index contributed by atoms with van der Waals surface area (Å²) < 4.78 is 15.6. The zero-order valence-corrected chi connectivity index (χ0v) is 14.3. The minimum atomic E-state index is -0.327. The Balaban J connectivity index is 1.46. The molecule has 1 aliphatic heterocycles. The Morgan fingerprint density at radius 1 is 1.12 bits per heavy atom. The van der Waals surface area contributed by atoms with E-state index in [4.69, 9.17) is 26.4 Å². The minimum Gasteiger partial charge on any atom is -0.497 e. The molecule has 3 rings (SSSR count). The number of hydrogen-bond acceptors (Lipinski definition) is 5. The topological polar surface area (TPSA) is 80.9 Å². The van der Waals surface area contributed by atoms with Gasteiger partial charge in [-0.2, -0.15) is 0 Å². The smallest absolute Gasteiger partial charge is 0.269 e. The Kier molecular flexibility index (Phi) is 5.20. The second-order valence-electron chi connectivity index (χ2n) is 5.18. The van der Waals surface area contributed by atoms with Gasteiger partial charge in [-0.15, -0.1) is 0 Å². The van der Waals surface area contributed by atoms with Crippen LogP contribution in [0, 0.1) is 0 Å². The van der Waals surface area contributed by atoms with Gasteiger partial charge in [0.2, 0.25) is 6.79 Å². The molecule has 0 aliphatic carbocycles. The lowest BCUT2D eigenvalue weighted by atomic mass is 10.2. The average Bonchev–Trinajstić information content (AvgIpc) is 3.12. The van der Waals surface area contributed by atoms with Crippen LogP contribution in [-0.2, 0) is 6.54 Å². The third-order valence-corrected chi connectivity index (χ3v) is 3.78. The van der Waals surface area contributed by atoms with Crippen molar-refractivity contribution >= 4 is 23.2 Å². The number of methoxy groups -OCH3 is 1. The molecule has 25 heavy (non-hydrogen) atoms. The molecule has 1 heterocycles. The van der Waals surface area contributed by atoms with E-state index in [-0.39, 0.29) is 12.7 Å². The number of rotatable bonds is 4. The highest BCUT2D eigenvalue weighted by atomic mass is 32.1. The van der Waals surface area contributed by atoms with Crippen molar-refractivity contribution in [2.45, 2.75) is 6.54 Å². The lowest BCUT2D eigenvalue weighted by molar-refractivity contribution is 0.0943. The number of ether oxygens (including phenoxy) is 3. The van der Waals surface area contributed by atoms with Crippen molar-refractivity contribution in [3.8, 4) is 17.2 Å². The van der Waals surface area contributed by atoms with Gasteiger partial charge in [-0.25, -0.2) is 0 Å². The number of carbonyl (C=O) groups excluding carboxylic acids is 1. The molecule has 0 fully saturated rings. The number of carbonyl (C=O) groups is 1. The van der Waals surface area contributed by atoms with E-state index in [1.54, 1.807) is 25.3 Å². The maximum atomic E-state index is 12.1. The van der Waals surface area contributed by atoms with Gasteiger partial charge in [0.25, 0.3) is 5.91 Å². The van der Waals surface area contributed by atoms with Gasteiger partial charge in [-0.3, -0.25) is 15.6 Å².